The second-order valence-electron chi connectivity index (χ2n) is 18.3. The van der Waals surface area contributed by atoms with Crippen molar-refractivity contribution in [2.75, 3.05) is 66.9 Å². The van der Waals surface area contributed by atoms with Gasteiger partial charge in [-0.05, 0) is 91.1 Å². The number of likely N-dealkylation sites (N-methyl/N-ethyl adjacent to an activating group) is 1. The molecule has 0 atom stereocenters. The van der Waals surface area contributed by atoms with Gasteiger partial charge >= 0.3 is 47.8 Å². The van der Waals surface area contributed by atoms with Crippen molar-refractivity contribution < 1.29 is 76.3 Å². The van der Waals surface area contributed by atoms with E-state index in [1.165, 1.54) is 0 Å². The van der Waals surface area contributed by atoms with E-state index in [-0.39, 0.29) is 64.2 Å². The van der Waals surface area contributed by atoms with Crippen molar-refractivity contribution in [3.8, 4) is 0 Å². The van der Waals surface area contributed by atoms with E-state index in [0.717, 1.165) is 96.3 Å². The number of hydrogen-bond acceptors (Lipinski definition) is 17. The highest BCUT2D eigenvalue weighted by Gasteiger charge is 2.49. The molecule has 0 saturated heterocycles. The Hall–Kier alpha value is -4.28. The Morgan fingerprint density at radius 2 is 0.600 bits per heavy atom. The zero-order chi connectivity index (χ0) is 51.9. The molecule has 0 aromatic rings. The minimum absolute atomic E-state index is 0.0653. The topological polar surface area (TPSA) is 214 Å². The van der Waals surface area contributed by atoms with E-state index < -0.39 is 61.1 Å². The van der Waals surface area contributed by atoms with Crippen molar-refractivity contribution in [2.45, 2.75) is 225 Å². The standard InChI is InChI=1S/C53H93NO16/c1-6-9-12-15-21-30-45(55)63-36-24-18-27-39-66-50(60)43-53(70-49(59)34-33-48(58)68-42-35-54(4)5,52(62)69-41-29-20-26-38-65-47(57)32-23-17-14-11-8-3)44-51(61)67-40-28-19-25-37-64-46(56)31-22-16-13-10-7-2/h6-44H2,1-5H3. The summed E-state index contributed by atoms with van der Waals surface area (Å²) >= 11 is 0. The molecule has 0 radical (unpaired) electrons. The number of carbonyl (C=O) groups is 8. The van der Waals surface area contributed by atoms with E-state index in [1.54, 1.807) is 0 Å². The van der Waals surface area contributed by atoms with Crippen LogP contribution in [0.1, 0.15) is 220 Å². The molecule has 17 nitrogen and oxygen atoms in total. The Morgan fingerprint density at radius 3 is 0.957 bits per heavy atom. The van der Waals surface area contributed by atoms with Gasteiger partial charge in [0.1, 0.15) is 6.61 Å². The number of rotatable bonds is 48. The van der Waals surface area contributed by atoms with Crippen LogP contribution in [-0.2, 0) is 76.3 Å². The first-order chi connectivity index (χ1) is 33.8. The van der Waals surface area contributed by atoms with Gasteiger partial charge in [0, 0.05) is 25.8 Å². The van der Waals surface area contributed by atoms with Gasteiger partial charge in [-0.2, -0.15) is 0 Å². The number of carbonyl (C=O) groups excluding carboxylic acids is 8. The monoisotopic (exact) mass is 1000 g/mol. The molecule has 0 unspecified atom stereocenters. The molecule has 0 bridgehead atoms. The van der Waals surface area contributed by atoms with Crippen molar-refractivity contribution in [1.29, 1.82) is 0 Å². The second-order valence-corrected chi connectivity index (χ2v) is 18.3. The van der Waals surface area contributed by atoms with E-state index in [0.29, 0.717) is 83.6 Å². The fraction of sp³-hybridized carbons (Fsp3) is 0.849. The van der Waals surface area contributed by atoms with Gasteiger partial charge in [0.05, 0.1) is 65.3 Å². The van der Waals surface area contributed by atoms with Gasteiger partial charge in [-0.15, -0.1) is 0 Å². The summed E-state index contributed by atoms with van der Waals surface area (Å²) in [5.41, 5.74) is -2.50. The van der Waals surface area contributed by atoms with Crippen molar-refractivity contribution in [3.05, 3.63) is 0 Å². The Bertz CT molecular complexity index is 1370. The lowest BCUT2D eigenvalue weighted by Crippen LogP contribution is -2.49. The highest BCUT2D eigenvalue weighted by molar-refractivity contribution is 5.92. The van der Waals surface area contributed by atoms with E-state index >= 15 is 0 Å². The molecule has 0 aromatic carbocycles. The summed E-state index contributed by atoms with van der Waals surface area (Å²) < 4.78 is 43.3. The van der Waals surface area contributed by atoms with Gasteiger partial charge in [0.2, 0.25) is 5.60 Å². The lowest BCUT2D eigenvalue weighted by atomic mass is 9.94. The summed E-state index contributed by atoms with van der Waals surface area (Å²) in [5.74, 6) is -5.55. The van der Waals surface area contributed by atoms with Crippen molar-refractivity contribution in [3.63, 3.8) is 0 Å². The minimum Gasteiger partial charge on any atom is -0.466 e. The SMILES string of the molecule is CCCCCCCC(=O)OCCCCCOC(=O)CC(CC(=O)OCCCCCOC(=O)CCCCCCC)(OC(=O)CCC(=O)OCCN(C)C)C(=O)OCCCCCOC(=O)CCCCCCC. The minimum atomic E-state index is -2.50. The molecule has 0 N–H and O–H groups in total. The molecule has 0 rings (SSSR count). The molecule has 70 heavy (non-hydrogen) atoms. The van der Waals surface area contributed by atoms with Gasteiger partial charge in [0.25, 0.3) is 0 Å². The fourth-order valence-corrected chi connectivity index (χ4v) is 6.98. The quantitative estimate of drug-likeness (QED) is 0.0315. The van der Waals surface area contributed by atoms with E-state index in [1.807, 2.05) is 19.0 Å². The summed E-state index contributed by atoms with van der Waals surface area (Å²) in [5, 5.41) is 0. The first kappa shape index (κ1) is 65.7. The zero-order valence-corrected chi connectivity index (χ0v) is 44.1. The third-order valence-corrected chi connectivity index (χ3v) is 11.2. The van der Waals surface area contributed by atoms with Crippen LogP contribution in [0.5, 0.6) is 0 Å². The third-order valence-electron chi connectivity index (χ3n) is 11.2. The van der Waals surface area contributed by atoms with E-state index in [4.69, 9.17) is 37.9 Å². The molecular weight excluding hydrogens is 907 g/mol. The summed E-state index contributed by atoms with van der Waals surface area (Å²) in [6, 6.07) is 0. The third kappa shape index (κ3) is 40.4. The van der Waals surface area contributed by atoms with Crippen LogP contribution in [0, 0.1) is 0 Å². The summed E-state index contributed by atoms with van der Waals surface area (Å²) in [6.45, 7) is 7.30. The second kappa shape index (κ2) is 45.8. The van der Waals surface area contributed by atoms with Crippen LogP contribution < -0.4 is 0 Å². The Balaban J connectivity index is 5.70. The first-order valence-corrected chi connectivity index (χ1v) is 26.8. The lowest BCUT2D eigenvalue weighted by molar-refractivity contribution is -0.192. The molecule has 406 valence electrons. The number of esters is 8. The van der Waals surface area contributed by atoms with Gasteiger partial charge in [0.15, 0.2) is 0 Å². The van der Waals surface area contributed by atoms with Crippen LogP contribution in [0.2, 0.25) is 0 Å². The Labute approximate surface area is 420 Å². The van der Waals surface area contributed by atoms with Crippen LogP contribution in [0.25, 0.3) is 0 Å². The van der Waals surface area contributed by atoms with Crippen LogP contribution >= 0.6 is 0 Å². The van der Waals surface area contributed by atoms with Crippen molar-refractivity contribution in [2.24, 2.45) is 0 Å². The largest absolute Gasteiger partial charge is 0.466 e. The number of nitrogens with zero attached hydrogens (tertiary/aromatic N) is 1. The Morgan fingerprint density at radius 1 is 0.314 bits per heavy atom. The molecule has 17 heteroatoms. The molecule has 0 amide bonds. The fourth-order valence-electron chi connectivity index (χ4n) is 6.98. The van der Waals surface area contributed by atoms with Gasteiger partial charge in [-0.1, -0.05) is 97.8 Å². The van der Waals surface area contributed by atoms with Crippen LogP contribution in [0.4, 0.5) is 0 Å². The summed E-state index contributed by atoms with van der Waals surface area (Å²) in [7, 11) is 3.62. The van der Waals surface area contributed by atoms with E-state index in [2.05, 4.69) is 20.8 Å². The molecular formula is C53H93NO16. The predicted octanol–water partition coefficient (Wildman–Crippen LogP) is 9.79. The maximum atomic E-state index is 14.0. The van der Waals surface area contributed by atoms with Crippen molar-refractivity contribution in [1.82, 2.24) is 4.90 Å². The molecule has 0 aliphatic heterocycles. The molecule has 0 fully saturated rings. The molecule has 0 saturated carbocycles. The lowest BCUT2D eigenvalue weighted by Gasteiger charge is -2.30. The van der Waals surface area contributed by atoms with Crippen LogP contribution in [-0.4, -0.2) is 125 Å². The molecule has 0 aliphatic carbocycles. The van der Waals surface area contributed by atoms with Gasteiger partial charge < -0.3 is 42.8 Å². The summed E-state index contributed by atoms with van der Waals surface area (Å²) in [6.07, 6.45) is 18.2. The van der Waals surface area contributed by atoms with E-state index in [9.17, 15) is 38.4 Å². The molecule has 0 heterocycles. The van der Waals surface area contributed by atoms with Crippen LogP contribution in [0.15, 0.2) is 0 Å². The first-order valence-electron chi connectivity index (χ1n) is 26.8. The average molecular weight is 1000 g/mol. The molecule has 0 aromatic heterocycles. The highest BCUT2D eigenvalue weighted by Crippen LogP contribution is 2.27. The number of ether oxygens (including phenoxy) is 8. The predicted molar refractivity (Wildman–Crippen MR) is 264 cm³/mol. The summed E-state index contributed by atoms with van der Waals surface area (Å²) in [4.78, 5) is 105. The highest BCUT2D eigenvalue weighted by atomic mass is 16.6. The maximum absolute atomic E-state index is 14.0. The molecule has 0 spiro atoms. The number of unbranched alkanes of at least 4 members (excludes halogenated alkanes) is 18. The van der Waals surface area contributed by atoms with Crippen molar-refractivity contribution >= 4 is 47.8 Å². The smallest absolute Gasteiger partial charge is 0.351 e. The normalized spacial score (nSPS) is 11.2. The number of hydrogen-bond donors (Lipinski definition) is 0. The Kier molecular flexibility index (Phi) is 43.0. The van der Waals surface area contributed by atoms with Gasteiger partial charge in [-0.3, -0.25) is 33.6 Å². The maximum Gasteiger partial charge on any atom is 0.351 e. The van der Waals surface area contributed by atoms with Gasteiger partial charge in [-0.25, -0.2) is 4.79 Å². The average Bonchev–Trinajstić information content (AvgIpc) is 3.31. The molecule has 0 aliphatic rings. The zero-order valence-electron chi connectivity index (χ0n) is 44.1. The van der Waals surface area contributed by atoms with Crippen LogP contribution in [0.3, 0.4) is 0 Å².